The summed E-state index contributed by atoms with van der Waals surface area (Å²) < 4.78 is 27.2. The van der Waals surface area contributed by atoms with Gasteiger partial charge in [-0.3, -0.25) is 0 Å². The van der Waals surface area contributed by atoms with Gasteiger partial charge in [0.05, 0.1) is 10.5 Å². The molecule has 0 aliphatic rings. The lowest BCUT2D eigenvalue weighted by Gasteiger charge is -2.07. The van der Waals surface area contributed by atoms with Gasteiger partial charge in [-0.25, -0.2) is 13.6 Å². The lowest BCUT2D eigenvalue weighted by Crippen LogP contribution is -1.99. The minimum atomic E-state index is -1.12. The van der Waals surface area contributed by atoms with Gasteiger partial charge in [0.15, 0.2) is 0 Å². The highest BCUT2D eigenvalue weighted by atomic mass is 79.9. The first-order chi connectivity index (χ1) is 8.97. The second-order valence-corrected chi connectivity index (χ2v) is 5.62. The third kappa shape index (κ3) is 3.33. The summed E-state index contributed by atoms with van der Waals surface area (Å²) in [5.41, 5.74) is 0.0306. The molecule has 6 heteroatoms. The maximum atomic E-state index is 13.5. The van der Waals surface area contributed by atoms with Gasteiger partial charge in [0.25, 0.3) is 0 Å². The van der Waals surface area contributed by atoms with Crippen molar-refractivity contribution in [1.82, 2.24) is 0 Å². The molecule has 1 N–H and O–H groups in total. The van der Waals surface area contributed by atoms with Gasteiger partial charge in [-0.15, -0.1) is 0 Å². The van der Waals surface area contributed by atoms with Gasteiger partial charge < -0.3 is 5.11 Å². The first kappa shape index (κ1) is 14.0. The Balaban J connectivity index is 2.43. The second-order valence-electron chi connectivity index (χ2n) is 3.62. The summed E-state index contributed by atoms with van der Waals surface area (Å²) in [7, 11) is 0. The van der Waals surface area contributed by atoms with Crippen LogP contribution < -0.4 is 0 Å². The summed E-state index contributed by atoms with van der Waals surface area (Å²) in [6, 6.07) is 7.67. The monoisotopic (exact) mass is 344 g/mol. The van der Waals surface area contributed by atoms with Crippen LogP contribution in [0.1, 0.15) is 10.4 Å². The number of hydrogen-bond acceptors (Lipinski definition) is 2. The molecule has 0 atom stereocenters. The molecule has 2 aromatic rings. The van der Waals surface area contributed by atoms with Crippen LogP contribution in [-0.2, 0) is 0 Å². The molecule has 0 amide bonds. The van der Waals surface area contributed by atoms with E-state index >= 15 is 0 Å². The maximum Gasteiger partial charge on any atom is 0.336 e. The maximum absolute atomic E-state index is 13.5. The average Bonchev–Trinajstić information content (AvgIpc) is 2.35. The summed E-state index contributed by atoms with van der Waals surface area (Å²) >= 11 is 4.04. The molecule has 0 heterocycles. The van der Waals surface area contributed by atoms with Crippen LogP contribution in [0.4, 0.5) is 8.78 Å². The Morgan fingerprint density at radius 3 is 2.53 bits per heavy atom. The molecule has 98 valence electrons. The average molecular weight is 345 g/mol. The molecule has 0 radical (unpaired) electrons. The van der Waals surface area contributed by atoms with Crippen molar-refractivity contribution < 1.29 is 18.7 Å². The number of rotatable bonds is 3. The van der Waals surface area contributed by atoms with E-state index < -0.39 is 17.6 Å². The predicted molar refractivity (Wildman–Crippen MR) is 71.6 cm³/mol. The fraction of sp³-hybridized carbons (Fsp3) is 0. The molecule has 0 aromatic heterocycles. The van der Waals surface area contributed by atoms with Crippen LogP contribution in [0, 0.1) is 11.6 Å². The van der Waals surface area contributed by atoms with Crippen LogP contribution in [0.3, 0.4) is 0 Å². The summed E-state index contributed by atoms with van der Waals surface area (Å²) in [6.45, 7) is 0. The van der Waals surface area contributed by atoms with Gasteiger partial charge in [0, 0.05) is 9.37 Å². The lowest BCUT2D eigenvalue weighted by atomic mass is 10.2. The van der Waals surface area contributed by atoms with E-state index in [1.165, 1.54) is 6.07 Å². The largest absolute Gasteiger partial charge is 0.478 e. The van der Waals surface area contributed by atoms with Crippen molar-refractivity contribution in [3.05, 3.63) is 58.1 Å². The Morgan fingerprint density at radius 2 is 1.84 bits per heavy atom. The van der Waals surface area contributed by atoms with Crippen LogP contribution in [0.5, 0.6) is 0 Å². The molecule has 2 aromatic carbocycles. The summed E-state index contributed by atoms with van der Waals surface area (Å²) in [5.74, 6) is -2.29. The zero-order valence-electron chi connectivity index (χ0n) is 9.36. The fourth-order valence-corrected chi connectivity index (χ4v) is 2.76. The van der Waals surface area contributed by atoms with E-state index in [2.05, 4.69) is 15.9 Å². The van der Waals surface area contributed by atoms with E-state index in [4.69, 9.17) is 5.11 Å². The molecule has 0 saturated heterocycles. The molecular formula is C13H7BrF2O2S. The molecule has 0 unspecified atom stereocenters. The Bertz CT molecular complexity index is 647. The van der Waals surface area contributed by atoms with Crippen molar-refractivity contribution in [3.8, 4) is 0 Å². The number of benzene rings is 2. The zero-order valence-corrected chi connectivity index (χ0v) is 11.8. The molecule has 0 spiro atoms. The number of halogens is 3. The van der Waals surface area contributed by atoms with Crippen molar-refractivity contribution in [2.75, 3.05) is 0 Å². The van der Waals surface area contributed by atoms with Gasteiger partial charge >= 0.3 is 5.97 Å². The van der Waals surface area contributed by atoms with E-state index in [9.17, 15) is 13.6 Å². The summed E-state index contributed by atoms with van der Waals surface area (Å²) in [5, 5.41) is 9.09. The van der Waals surface area contributed by atoms with Gasteiger partial charge in [-0.2, -0.15) is 0 Å². The number of carboxylic acid groups (broad SMARTS) is 1. The molecule has 0 saturated carbocycles. The second kappa shape index (κ2) is 5.71. The molecule has 0 aliphatic carbocycles. The first-order valence-electron chi connectivity index (χ1n) is 5.13. The fourth-order valence-electron chi connectivity index (χ4n) is 1.43. The number of carbonyl (C=O) groups is 1. The Morgan fingerprint density at radius 1 is 1.11 bits per heavy atom. The van der Waals surface area contributed by atoms with Crippen molar-refractivity contribution in [1.29, 1.82) is 0 Å². The van der Waals surface area contributed by atoms with Crippen molar-refractivity contribution in [3.63, 3.8) is 0 Å². The highest BCUT2D eigenvalue weighted by Crippen LogP contribution is 2.34. The topological polar surface area (TPSA) is 37.3 Å². The molecule has 0 bridgehead atoms. The normalized spacial score (nSPS) is 10.5. The van der Waals surface area contributed by atoms with Crippen LogP contribution in [0.2, 0.25) is 0 Å². The van der Waals surface area contributed by atoms with Crippen LogP contribution in [-0.4, -0.2) is 11.1 Å². The number of aromatic carboxylic acids is 1. The van der Waals surface area contributed by atoms with Crippen LogP contribution in [0.15, 0.2) is 50.7 Å². The predicted octanol–water partition coefficient (Wildman–Crippen LogP) is 4.58. The van der Waals surface area contributed by atoms with Crippen LogP contribution >= 0.6 is 27.7 Å². The Labute approximate surface area is 120 Å². The minimum Gasteiger partial charge on any atom is -0.478 e. The first-order valence-corrected chi connectivity index (χ1v) is 6.74. The van der Waals surface area contributed by atoms with E-state index in [-0.39, 0.29) is 10.5 Å². The molecule has 19 heavy (non-hydrogen) atoms. The van der Waals surface area contributed by atoms with Crippen molar-refractivity contribution in [2.45, 2.75) is 9.79 Å². The SMILES string of the molecule is O=C(O)c1cc(Br)ccc1Sc1cc(F)ccc1F. The van der Waals surface area contributed by atoms with E-state index in [0.717, 1.165) is 30.0 Å². The Kier molecular flexibility index (Phi) is 4.21. The third-order valence-electron chi connectivity index (χ3n) is 2.29. The highest BCUT2D eigenvalue weighted by molar-refractivity contribution is 9.10. The highest BCUT2D eigenvalue weighted by Gasteiger charge is 2.14. The number of hydrogen-bond donors (Lipinski definition) is 1. The third-order valence-corrected chi connectivity index (χ3v) is 3.89. The quantitative estimate of drug-likeness (QED) is 0.885. The lowest BCUT2D eigenvalue weighted by molar-refractivity contribution is 0.0693. The van der Waals surface area contributed by atoms with Crippen molar-refractivity contribution >= 4 is 33.7 Å². The molecule has 2 rings (SSSR count). The molecule has 0 fully saturated rings. The smallest absolute Gasteiger partial charge is 0.336 e. The molecular weight excluding hydrogens is 338 g/mol. The van der Waals surface area contributed by atoms with Gasteiger partial charge in [-0.05, 0) is 36.4 Å². The van der Waals surface area contributed by atoms with E-state index in [1.807, 2.05) is 0 Å². The van der Waals surface area contributed by atoms with Gasteiger partial charge in [-0.1, -0.05) is 27.7 Å². The van der Waals surface area contributed by atoms with Crippen molar-refractivity contribution in [2.24, 2.45) is 0 Å². The molecule has 2 nitrogen and oxygen atoms in total. The zero-order chi connectivity index (χ0) is 14.0. The number of carboxylic acids is 1. The van der Waals surface area contributed by atoms with Gasteiger partial charge in [0.2, 0.25) is 0 Å². The van der Waals surface area contributed by atoms with Crippen LogP contribution in [0.25, 0.3) is 0 Å². The minimum absolute atomic E-state index is 0.0306. The summed E-state index contributed by atoms with van der Waals surface area (Å²) in [6.07, 6.45) is 0. The standard InChI is InChI=1S/C13H7BrF2O2S/c14-7-1-4-11(9(5-7)13(17)18)19-12-6-8(15)2-3-10(12)16/h1-6H,(H,17,18). The van der Waals surface area contributed by atoms with E-state index in [1.54, 1.807) is 12.1 Å². The Hall–Kier alpha value is -1.40. The molecule has 0 aliphatic heterocycles. The van der Waals surface area contributed by atoms with Gasteiger partial charge in [0.1, 0.15) is 11.6 Å². The summed E-state index contributed by atoms with van der Waals surface area (Å²) in [4.78, 5) is 11.5. The van der Waals surface area contributed by atoms with E-state index in [0.29, 0.717) is 9.37 Å².